The maximum Gasteiger partial charge on any atom is 1.00 e. The Hall–Kier alpha value is 0.640. The first kappa shape index (κ1) is 13.6. The summed E-state index contributed by atoms with van der Waals surface area (Å²) in [5, 5.41) is 8.17. The molecule has 13 heavy (non-hydrogen) atoms. The van der Waals surface area contributed by atoms with Crippen LogP contribution < -0.4 is 34.5 Å². The van der Waals surface area contributed by atoms with Gasteiger partial charge in [-0.25, -0.2) is 0 Å². The van der Waals surface area contributed by atoms with E-state index in [-0.39, 0.29) is 35.7 Å². The number of hydrogen-bond acceptors (Lipinski definition) is 4. The molecule has 0 spiro atoms. The van der Waals surface area contributed by atoms with Crippen LogP contribution in [0, 0.1) is 11.1 Å². The minimum atomic E-state index is -4.19. The molecule has 1 aliphatic rings. The first-order valence-corrected chi connectivity index (χ1v) is 5.59. The van der Waals surface area contributed by atoms with Crippen molar-refractivity contribution < 1.29 is 43.5 Å². The number of nitrogens with zero attached hydrogens (tertiary/aromatic N) is 1. The number of rotatable bonds is 2. The van der Waals surface area contributed by atoms with Crippen molar-refractivity contribution in [2.24, 2.45) is 0 Å². The Bertz CT molecular complexity index is 234. The molecule has 1 atom stereocenters. The van der Waals surface area contributed by atoms with Gasteiger partial charge in [-0.1, -0.05) is 19.3 Å². The van der Waals surface area contributed by atoms with Gasteiger partial charge in [-0.15, -0.1) is 0 Å². The maximum absolute atomic E-state index is 10.7. The average Bonchev–Trinajstić information content (AvgIpc) is 2.06. The summed E-state index contributed by atoms with van der Waals surface area (Å²) in [4.78, 5) is 10.7. The quantitative estimate of drug-likeness (QED) is 0.406. The van der Waals surface area contributed by atoms with Gasteiger partial charge in [0.05, 0.1) is 6.10 Å². The number of nitriles is 1. The molecule has 0 aromatic carbocycles. The molecule has 0 aromatic rings. The first-order chi connectivity index (χ1) is 5.64. The first-order valence-electron chi connectivity index (χ1n) is 4.05. The SMILES string of the molecule is N#CP(=O)([O-])OC1CCCCC1.[Na+]. The molecular weight excluding hydrogens is 200 g/mol. The topological polar surface area (TPSA) is 73.2 Å². The van der Waals surface area contributed by atoms with Crippen molar-refractivity contribution in [2.45, 2.75) is 38.2 Å². The van der Waals surface area contributed by atoms with Crippen molar-refractivity contribution >= 4 is 7.60 Å². The summed E-state index contributed by atoms with van der Waals surface area (Å²) < 4.78 is 15.4. The molecule has 4 nitrogen and oxygen atoms in total. The minimum absolute atomic E-state index is 0. The van der Waals surface area contributed by atoms with Crippen LogP contribution in [0.25, 0.3) is 0 Å². The van der Waals surface area contributed by atoms with Crippen LogP contribution in [-0.2, 0) is 9.09 Å². The average molecular weight is 211 g/mol. The second-order valence-corrected chi connectivity index (χ2v) is 4.37. The summed E-state index contributed by atoms with van der Waals surface area (Å²) in [7, 11) is -4.19. The standard InChI is InChI=1S/C7H12NO3P.Na/c8-6-12(9,10)11-7-4-2-1-3-5-7;/h7H,1-5H2,(H,9,10);/q;+1/p-1. The summed E-state index contributed by atoms with van der Waals surface area (Å²) in [6, 6.07) is 0. The maximum atomic E-state index is 10.7. The van der Waals surface area contributed by atoms with Crippen LogP contribution >= 0.6 is 7.60 Å². The molecule has 0 aromatic heterocycles. The predicted octanol–water partition coefficient (Wildman–Crippen LogP) is -1.63. The molecule has 1 unspecified atom stereocenters. The van der Waals surface area contributed by atoms with Gasteiger partial charge >= 0.3 is 29.6 Å². The van der Waals surface area contributed by atoms with Gasteiger partial charge in [0.15, 0.2) is 0 Å². The van der Waals surface area contributed by atoms with E-state index < -0.39 is 7.60 Å². The third-order valence-electron chi connectivity index (χ3n) is 1.96. The van der Waals surface area contributed by atoms with E-state index in [0.29, 0.717) is 0 Å². The van der Waals surface area contributed by atoms with Crippen LogP contribution in [0.3, 0.4) is 0 Å². The molecule has 1 fully saturated rings. The summed E-state index contributed by atoms with van der Waals surface area (Å²) >= 11 is 0. The summed E-state index contributed by atoms with van der Waals surface area (Å²) in [5.74, 6) is 1.17. The molecule has 68 valence electrons. The van der Waals surface area contributed by atoms with Gasteiger partial charge in [-0.05, 0) is 12.8 Å². The Balaban J connectivity index is 0.00000144. The molecule has 0 amide bonds. The Morgan fingerprint density at radius 3 is 2.38 bits per heavy atom. The van der Waals surface area contributed by atoms with Crippen LogP contribution in [0.5, 0.6) is 0 Å². The molecular formula is C7H11NNaO3P. The van der Waals surface area contributed by atoms with Gasteiger partial charge in [0.1, 0.15) is 5.81 Å². The van der Waals surface area contributed by atoms with E-state index in [0.717, 1.165) is 32.1 Å². The van der Waals surface area contributed by atoms with Gasteiger partial charge in [0, 0.05) is 0 Å². The van der Waals surface area contributed by atoms with E-state index in [9.17, 15) is 9.46 Å². The monoisotopic (exact) mass is 211 g/mol. The zero-order chi connectivity index (χ0) is 9.03. The fraction of sp³-hybridized carbons (Fsp3) is 0.857. The Morgan fingerprint density at radius 2 is 1.92 bits per heavy atom. The van der Waals surface area contributed by atoms with Gasteiger partial charge in [-0.3, -0.25) is 4.57 Å². The second kappa shape index (κ2) is 6.19. The van der Waals surface area contributed by atoms with Gasteiger partial charge in [0.2, 0.25) is 7.60 Å². The normalized spacial score (nSPS) is 22.5. The largest absolute Gasteiger partial charge is 1.00 e. The molecule has 1 aliphatic carbocycles. The molecule has 0 radical (unpaired) electrons. The van der Waals surface area contributed by atoms with E-state index in [1.54, 1.807) is 0 Å². The van der Waals surface area contributed by atoms with E-state index in [1.807, 2.05) is 0 Å². The summed E-state index contributed by atoms with van der Waals surface area (Å²) in [5.41, 5.74) is 0. The van der Waals surface area contributed by atoms with Gasteiger partial charge < -0.3 is 9.42 Å². The fourth-order valence-corrected chi connectivity index (χ4v) is 2.04. The van der Waals surface area contributed by atoms with Gasteiger partial charge in [0.25, 0.3) is 0 Å². The number of hydrogen-bond donors (Lipinski definition) is 0. The molecule has 0 aliphatic heterocycles. The van der Waals surface area contributed by atoms with Crippen LogP contribution in [0.4, 0.5) is 0 Å². The Morgan fingerprint density at radius 1 is 1.38 bits per heavy atom. The van der Waals surface area contributed by atoms with Crippen molar-refractivity contribution in [1.82, 2.24) is 0 Å². The zero-order valence-corrected chi connectivity index (χ0v) is 10.6. The van der Waals surface area contributed by atoms with Crippen LogP contribution in [0.15, 0.2) is 0 Å². The fourth-order valence-electron chi connectivity index (χ4n) is 1.39. The van der Waals surface area contributed by atoms with Crippen molar-refractivity contribution in [2.75, 3.05) is 0 Å². The van der Waals surface area contributed by atoms with Crippen LogP contribution in [-0.4, -0.2) is 6.10 Å². The summed E-state index contributed by atoms with van der Waals surface area (Å²) in [6.45, 7) is 0. The molecule has 1 saturated carbocycles. The Labute approximate surface area is 100 Å². The molecule has 1 rings (SSSR count). The molecule has 0 N–H and O–H groups in total. The smallest absolute Gasteiger partial charge is 0.767 e. The van der Waals surface area contributed by atoms with Gasteiger partial charge in [-0.2, -0.15) is 5.26 Å². The third kappa shape index (κ3) is 5.17. The van der Waals surface area contributed by atoms with Crippen molar-refractivity contribution in [3.63, 3.8) is 0 Å². The van der Waals surface area contributed by atoms with Crippen molar-refractivity contribution in [3.8, 4) is 5.81 Å². The van der Waals surface area contributed by atoms with Crippen molar-refractivity contribution in [3.05, 3.63) is 0 Å². The van der Waals surface area contributed by atoms with Crippen LogP contribution in [0.1, 0.15) is 32.1 Å². The molecule has 0 saturated heterocycles. The van der Waals surface area contributed by atoms with E-state index >= 15 is 0 Å². The second-order valence-electron chi connectivity index (χ2n) is 2.96. The molecule has 0 bridgehead atoms. The van der Waals surface area contributed by atoms with Crippen LogP contribution in [0.2, 0.25) is 0 Å². The van der Waals surface area contributed by atoms with E-state index in [1.165, 1.54) is 5.81 Å². The van der Waals surface area contributed by atoms with Crippen molar-refractivity contribution in [1.29, 1.82) is 5.26 Å². The zero-order valence-electron chi connectivity index (χ0n) is 7.73. The van der Waals surface area contributed by atoms with E-state index in [4.69, 9.17) is 5.26 Å². The molecule has 6 heteroatoms. The minimum Gasteiger partial charge on any atom is -0.767 e. The van der Waals surface area contributed by atoms with E-state index in [2.05, 4.69) is 4.52 Å². The Kier molecular flexibility index (Phi) is 6.49. The third-order valence-corrected chi connectivity index (χ3v) is 2.78. The summed E-state index contributed by atoms with van der Waals surface area (Å²) in [6.07, 6.45) is 4.39. The predicted molar refractivity (Wildman–Crippen MR) is 41.2 cm³/mol. The molecule has 0 heterocycles.